The van der Waals surface area contributed by atoms with Gasteiger partial charge in [-0.1, -0.05) is 11.8 Å². The summed E-state index contributed by atoms with van der Waals surface area (Å²) in [7, 11) is 0. The second kappa shape index (κ2) is 8.06. The number of thioether (sulfide) groups is 1. The minimum absolute atomic E-state index is 0.0377. The number of aliphatic carboxylic acids is 1. The molecule has 3 aliphatic rings. The molecule has 0 spiro atoms. The second-order valence-corrected chi connectivity index (χ2v) is 9.23. The zero-order chi connectivity index (χ0) is 24.3. The molecule has 1 saturated heterocycles. The fourth-order valence-corrected chi connectivity index (χ4v) is 5.87. The second-order valence-electron chi connectivity index (χ2n) is 8.02. The molecule has 0 unspecified atom stereocenters. The molecule has 1 fully saturated rings. The van der Waals surface area contributed by atoms with Crippen LogP contribution in [0, 0.1) is 5.92 Å². The van der Waals surface area contributed by atoms with Crippen molar-refractivity contribution in [2.75, 3.05) is 13.4 Å². The van der Waals surface area contributed by atoms with Crippen molar-refractivity contribution in [2.45, 2.75) is 31.9 Å². The number of aryl methyl sites for hydroxylation is 1. The summed E-state index contributed by atoms with van der Waals surface area (Å²) < 4.78 is 17.7. The molecule has 0 saturated carbocycles. The number of aliphatic hydroxyl groups excluding tert-OH is 1. The Morgan fingerprint density at radius 1 is 1.26 bits per heavy atom. The van der Waals surface area contributed by atoms with E-state index in [-0.39, 0.29) is 28.3 Å². The number of ether oxygens (including phenoxy) is 3. The largest absolute Gasteiger partial charge is 0.477 e. The molecule has 12 heteroatoms. The molecule has 3 atom stereocenters. The zero-order valence-corrected chi connectivity index (χ0v) is 19.0. The fourth-order valence-electron chi connectivity index (χ4n) is 4.35. The molecule has 2 N–H and O–H groups in total. The van der Waals surface area contributed by atoms with E-state index in [1.165, 1.54) is 19.2 Å². The molecule has 3 aliphatic heterocycles. The van der Waals surface area contributed by atoms with Gasteiger partial charge in [-0.25, -0.2) is 9.59 Å². The molecule has 11 nitrogen and oxygen atoms in total. The topological polar surface area (TPSA) is 145 Å². The number of aromatic nitrogens is 1. The van der Waals surface area contributed by atoms with Crippen LogP contribution in [0.25, 0.3) is 10.9 Å². The van der Waals surface area contributed by atoms with Crippen LogP contribution in [0.4, 0.5) is 0 Å². The van der Waals surface area contributed by atoms with Gasteiger partial charge in [0.25, 0.3) is 0 Å². The Kier molecular flexibility index (Phi) is 5.29. The van der Waals surface area contributed by atoms with E-state index in [2.05, 4.69) is 0 Å². The summed E-state index contributed by atoms with van der Waals surface area (Å²) in [5, 5.41) is 19.1. The number of rotatable bonds is 6. The first-order valence-electron chi connectivity index (χ1n) is 10.5. The van der Waals surface area contributed by atoms with E-state index in [0.717, 1.165) is 16.7 Å². The summed E-state index contributed by atoms with van der Waals surface area (Å²) in [5.74, 6) is -2.59. The predicted octanol–water partition coefficient (Wildman–Crippen LogP) is 1.12. The molecule has 178 valence electrons. The van der Waals surface area contributed by atoms with Crippen LogP contribution in [0.2, 0.25) is 0 Å². The maximum absolute atomic E-state index is 13.1. The molecular formula is C22H20N2O9S. The third-order valence-corrected chi connectivity index (χ3v) is 7.39. The van der Waals surface area contributed by atoms with Gasteiger partial charge in [-0.05, 0) is 19.9 Å². The van der Waals surface area contributed by atoms with Crippen LogP contribution in [-0.4, -0.2) is 62.4 Å². The average Bonchev–Trinajstić information content (AvgIpc) is 3.38. The summed E-state index contributed by atoms with van der Waals surface area (Å²) in [6.07, 6.45) is 0.447. The molecule has 1 aromatic heterocycles. The quantitative estimate of drug-likeness (QED) is 0.448. The first-order chi connectivity index (χ1) is 16.2. The Morgan fingerprint density at radius 3 is 2.62 bits per heavy atom. The van der Waals surface area contributed by atoms with Crippen LogP contribution in [-0.2, 0) is 20.9 Å². The van der Waals surface area contributed by atoms with Crippen molar-refractivity contribution >= 4 is 40.5 Å². The lowest BCUT2D eigenvalue weighted by molar-refractivity contribution is -0.156. The lowest BCUT2D eigenvalue weighted by Crippen LogP contribution is -2.60. The van der Waals surface area contributed by atoms with Crippen LogP contribution in [0.1, 0.15) is 24.2 Å². The van der Waals surface area contributed by atoms with Gasteiger partial charge in [-0.3, -0.25) is 14.5 Å². The smallest absolute Gasteiger partial charge is 0.353 e. The highest BCUT2D eigenvalue weighted by atomic mass is 32.2. The Labute approximate surface area is 196 Å². The number of carbonyl (C=O) groups excluding carboxylic acids is 2. The van der Waals surface area contributed by atoms with E-state index in [4.69, 9.17) is 14.2 Å². The number of nitrogens with zero attached hydrogens (tertiary/aromatic N) is 2. The van der Waals surface area contributed by atoms with Gasteiger partial charge >= 0.3 is 11.9 Å². The van der Waals surface area contributed by atoms with Crippen molar-refractivity contribution in [2.24, 2.45) is 5.92 Å². The highest BCUT2D eigenvalue weighted by Gasteiger charge is 2.57. The minimum atomic E-state index is -1.34. The zero-order valence-electron chi connectivity index (χ0n) is 18.1. The van der Waals surface area contributed by atoms with Gasteiger partial charge in [0, 0.05) is 18.8 Å². The summed E-state index contributed by atoms with van der Waals surface area (Å²) in [6, 6.07) is 3.20. The maximum Gasteiger partial charge on any atom is 0.353 e. The first-order valence-corrected chi connectivity index (χ1v) is 11.4. The highest BCUT2D eigenvalue weighted by Crippen LogP contribution is 2.50. The number of hydrogen-bond acceptors (Lipinski definition) is 9. The molecule has 4 heterocycles. The number of benzene rings is 1. The number of pyridine rings is 1. The van der Waals surface area contributed by atoms with E-state index in [9.17, 15) is 29.4 Å². The summed E-state index contributed by atoms with van der Waals surface area (Å²) >= 11 is 1.06. The van der Waals surface area contributed by atoms with Crippen molar-refractivity contribution in [1.82, 2.24) is 9.47 Å². The van der Waals surface area contributed by atoms with Crippen molar-refractivity contribution in [3.8, 4) is 11.5 Å². The van der Waals surface area contributed by atoms with Crippen molar-refractivity contribution in [3.63, 3.8) is 0 Å². The Hall–Kier alpha value is -3.51. The predicted molar refractivity (Wildman–Crippen MR) is 118 cm³/mol. The van der Waals surface area contributed by atoms with E-state index in [1.54, 1.807) is 10.6 Å². The molecule has 34 heavy (non-hydrogen) atoms. The molecule has 2 aromatic rings. The number of carboxylic acids is 1. The van der Waals surface area contributed by atoms with Gasteiger partial charge in [0.2, 0.25) is 18.1 Å². The van der Waals surface area contributed by atoms with E-state index in [1.807, 2.05) is 6.92 Å². The number of aliphatic hydroxyl groups is 1. The van der Waals surface area contributed by atoms with Gasteiger partial charge in [0.05, 0.1) is 27.8 Å². The van der Waals surface area contributed by atoms with Gasteiger partial charge in [0.15, 0.2) is 11.5 Å². The summed E-state index contributed by atoms with van der Waals surface area (Å²) in [6.45, 7) is 3.38. The number of esters is 1. The van der Waals surface area contributed by atoms with Crippen LogP contribution in [0.3, 0.4) is 0 Å². The van der Waals surface area contributed by atoms with Gasteiger partial charge in [0.1, 0.15) is 23.2 Å². The minimum Gasteiger partial charge on any atom is -0.477 e. The van der Waals surface area contributed by atoms with E-state index < -0.39 is 47.3 Å². The third kappa shape index (κ3) is 3.24. The van der Waals surface area contributed by atoms with Crippen LogP contribution in [0.5, 0.6) is 11.5 Å². The molecule has 1 aromatic carbocycles. The van der Waals surface area contributed by atoms with Crippen LogP contribution < -0.4 is 14.9 Å². The number of hydrogen-bond donors (Lipinski definition) is 2. The number of carboxylic acid groups (broad SMARTS) is 1. The highest BCUT2D eigenvalue weighted by molar-refractivity contribution is 8.04. The van der Waals surface area contributed by atoms with E-state index in [0.29, 0.717) is 23.6 Å². The standard InChI is InChI=1S/C22H20N2O9S/c1-3-23-6-11(18(26)10-4-13-14(5-12(10)23)33-8-32-13)22(30)31-7-15-17(21(28)29)24-19(27)16(9(2)25)20(24)34-15/h4-6,9,16,20,25H,3,7-8H2,1-2H3,(H,28,29)/t9-,16+,20-/m1/s1. The Balaban J connectivity index is 1.43. The molecule has 0 aliphatic carbocycles. The molecule has 5 rings (SSSR count). The number of carbonyl (C=O) groups is 3. The average molecular weight is 488 g/mol. The number of fused-ring (bicyclic) bond motifs is 3. The molecule has 1 amide bonds. The fraction of sp³-hybridized carbons (Fsp3) is 0.364. The van der Waals surface area contributed by atoms with Gasteiger partial charge < -0.3 is 29.0 Å². The molecule has 0 radical (unpaired) electrons. The number of amides is 1. The Morgan fingerprint density at radius 2 is 1.97 bits per heavy atom. The Bertz CT molecular complexity index is 1350. The SMILES string of the molecule is CCn1cc(C(=O)OCC2=C(C(=O)O)N3C(=O)[C@H]([C@@H](C)O)[C@H]3S2)c(=O)c2cc3c(cc21)OCO3. The van der Waals surface area contributed by atoms with Crippen molar-refractivity contribution < 1.29 is 38.8 Å². The lowest BCUT2D eigenvalue weighted by Gasteiger charge is -2.43. The summed E-state index contributed by atoms with van der Waals surface area (Å²) in [5.41, 5.74) is -0.470. The van der Waals surface area contributed by atoms with Crippen molar-refractivity contribution in [1.29, 1.82) is 0 Å². The van der Waals surface area contributed by atoms with Crippen LogP contribution in [0.15, 0.2) is 33.7 Å². The maximum atomic E-state index is 13.1. The normalized spacial score (nSPS) is 21.5. The third-order valence-electron chi connectivity index (χ3n) is 6.04. The first kappa shape index (κ1) is 22.3. The van der Waals surface area contributed by atoms with E-state index >= 15 is 0 Å². The monoisotopic (exact) mass is 488 g/mol. The summed E-state index contributed by atoms with van der Waals surface area (Å²) in [4.78, 5) is 51.3. The molecule has 0 bridgehead atoms. The van der Waals surface area contributed by atoms with Crippen molar-refractivity contribution in [3.05, 3.63) is 44.7 Å². The van der Waals surface area contributed by atoms with Gasteiger partial charge in [-0.15, -0.1) is 0 Å². The van der Waals surface area contributed by atoms with Gasteiger partial charge in [-0.2, -0.15) is 0 Å². The van der Waals surface area contributed by atoms with Crippen LogP contribution >= 0.6 is 11.8 Å². The molecular weight excluding hydrogens is 468 g/mol. The number of β-lactam (4-membered cyclic amide) rings is 1. The lowest BCUT2D eigenvalue weighted by atomic mass is 9.92.